The largest absolute Gasteiger partial charge is 0.364 e. The fourth-order valence-electron chi connectivity index (χ4n) is 1.39. The molecule has 0 saturated carbocycles. The van der Waals surface area contributed by atoms with Crippen molar-refractivity contribution in [3.63, 3.8) is 0 Å². The highest BCUT2D eigenvalue weighted by Crippen LogP contribution is 1.95. The second-order valence-electron chi connectivity index (χ2n) is 3.45. The molecular weight excluding hydrogens is 226 g/mol. The zero-order valence-corrected chi connectivity index (χ0v) is 8.97. The summed E-state index contributed by atoms with van der Waals surface area (Å²) in [5.41, 5.74) is -0.862. The maximum absolute atomic E-state index is 11.8. The van der Waals surface area contributed by atoms with Gasteiger partial charge in [-0.05, 0) is 6.92 Å². The quantitative estimate of drug-likeness (QED) is 0.741. The highest BCUT2D eigenvalue weighted by atomic mass is 16.5. The van der Waals surface area contributed by atoms with E-state index in [9.17, 15) is 14.4 Å². The molecule has 2 aromatic rings. The second-order valence-corrected chi connectivity index (χ2v) is 3.45. The van der Waals surface area contributed by atoms with Crippen LogP contribution in [0.25, 0.3) is 0 Å². The number of rotatable bonds is 3. The molecule has 0 aliphatic carbocycles. The average molecular weight is 235 g/mol. The third-order valence-electron chi connectivity index (χ3n) is 2.25. The van der Waals surface area contributed by atoms with E-state index in [1.807, 2.05) is 0 Å². The van der Waals surface area contributed by atoms with Gasteiger partial charge in [0.25, 0.3) is 5.56 Å². The van der Waals surface area contributed by atoms with Crippen molar-refractivity contribution < 1.29 is 9.32 Å². The SMILES string of the molecule is CC(=O)c1c[nH]c(=O)n(Cc2ccon2)c1=O. The van der Waals surface area contributed by atoms with E-state index in [4.69, 9.17) is 0 Å². The van der Waals surface area contributed by atoms with Gasteiger partial charge in [-0.15, -0.1) is 0 Å². The lowest BCUT2D eigenvalue weighted by atomic mass is 10.2. The summed E-state index contributed by atoms with van der Waals surface area (Å²) in [4.78, 5) is 36.8. The minimum absolute atomic E-state index is 0.0359. The van der Waals surface area contributed by atoms with E-state index >= 15 is 0 Å². The Kier molecular flexibility index (Phi) is 2.73. The average Bonchev–Trinajstić information content (AvgIpc) is 2.76. The van der Waals surface area contributed by atoms with Crippen LogP contribution < -0.4 is 11.2 Å². The molecule has 2 rings (SSSR count). The van der Waals surface area contributed by atoms with Crippen LogP contribution in [0.1, 0.15) is 23.0 Å². The van der Waals surface area contributed by atoms with Crippen LogP contribution in [-0.2, 0) is 6.54 Å². The Labute approximate surface area is 94.7 Å². The molecule has 0 unspecified atom stereocenters. The summed E-state index contributed by atoms with van der Waals surface area (Å²) in [6.45, 7) is 1.22. The van der Waals surface area contributed by atoms with Gasteiger partial charge >= 0.3 is 5.69 Å². The molecule has 0 amide bonds. The van der Waals surface area contributed by atoms with E-state index in [1.54, 1.807) is 0 Å². The maximum atomic E-state index is 11.8. The summed E-state index contributed by atoms with van der Waals surface area (Å²) in [6.07, 6.45) is 2.45. The van der Waals surface area contributed by atoms with Crippen molar-refractivity contribution in [2.45, 2.75) is 13.5 Å². The normalized spacial score (nSPS) is 10.4. The van der Waals surface area contributed by atoms with Crippen molar-refractivity contribution in [3.05, 3.63) is 50.6 Å². The number of nitrogens with one attached hydrogen (secondary N) is 1. The molecule has 0 fully saturated rings. The third-order valence-corrected chi connectivity index (χ3v) is 2.25. The number of H-pyrrole nitrogens is 1. The molecule has 0 spiro atoms. The number of carbonyl (C=O) groups excluding carboxylic acids is 1. The lowest BCUT2D eigenvalue weighted by molar-refractivity contribution is 0.101. The Morgan fingerprint density at radius 2 is 2.29 bits per heavy atom. The first-order valence-electron chi connectivity index (χ1n) is 4.82. The van der Waals surface area contributed by atoms with Gasteiger partial charge < -0.3 is 9.51 Å². The van der Waals surface area contributed by atoms with Gasteiger partial charge in [-0.2, -0.15) is 0 Å². The number of nitrogens with zero attached hydrogens (tertiary/aromatic N) is 2. The van der Waals surface area contributed by atoms with Gasteiger partial charge in [0.05, 0.1) is 12.1 Å². The molecule has 7 nitrogen and oxygen atoms in total. The zero-order chi connectivity index (χ0) is 12.4. The highest BCUT2D eigenvalue weighted by Gasteiger charge is 2.11. The predicted octanol–water partition coefficient (Wildman–Crippen LogP) is -0.224. The molecule has 0 aliphatic heterocycles. The Balaban J connectivity index is 2.53. The molecule has 1 N–H and O–H groups in total. The van der Waals surface area contributed by atoms with Crippen LogP contribution in [0.3, 0.4) is 0 Å². The Bertz CT molecular complexity index is 651. The summed E-state index contributed by atoms with van der Waals surface area (Å²) in [5, 5.41) is 3.60. The number of hydrogen-bond acceptors (Lipinski definition) is 5. The fourth-order valence-corrected chi connectivity index (χ4v) is 1.39. The van der Waals surface area contributed by atoms with Crippen LogP contribution in [0.5, 0.6) is 0 Å². The topological polar surface area (TPSA) is 98.0 Å². The van der Waals surface area contributed by atoms with Crippen LogP contribution in [-0.4, -0.2) is 20.5 Å². The minimum Gasteiger partial charge on any atom is -0.364 e. The monoisotopic (exact) mass is 235 g/mol. The van der Waals surface area contributed by atoms with Crippen LogP contribution in [0, 0.1) is 0 Å². The first-order valence-corrected chi connectivity index (χ1v) is 4.82. The molecule has 0 saturated heterocycles. The number of ketones is 1. The van der Waals surface area contributed by atoms with E-state index < -0.39 is 17.0 Å². The summed E-state index contributed by atoms with van der Waals surface area (Å²) in [7, 11) is 0. The number of carbonyl (C=O) groups is 1. The summed E-state index contributed by atoms with van der Waals surface area (Å²) >= 11 is 0. The molecule has 88 valence electrons. The van der Waals surface area contributed by atoms with Crippen LogP contribution in [0.4, 0.5) is 0 Å². The van der Waals surface area contributed by atoms with Crippen molar-refractivity contribution in [2.24, 2.45) is 0 Å². The number of Topliss-reactive ketones (excluding diaryl/α,β-unsaturated/α-hetero) is 1. The van der Waals surface area contributed by atoms with E-state index in [1.165, 1.54) is 19.3 Å². The van der Waals surface area contributed by atoms with Gasteiger partial charge in [-0.3, -0.25) is 14.2 Å². The van der Waals surface area contributed by atoms with Gasteiger partial charge in [-0.25, -0.2) is 4.79 Å². The van der Waals surface area contributed by atoms with Crippen molar-refractivity contribution in [2.75, 3.05) is 0 Å². The molecule has 0 aromatic carbocycles. The molecule has 0 radical (unpaired) electrons. The molecular formula is C10H9N3O4. The summed E-state index contributed by atoms with van der Waals surface area (Å²) < 4.78 is 5.50. The maximum Gasteiger partial charge on any atom is 0.328 e. The highest BCUT2D eigenvalue weighted by molar-refractivity contribution is 5.93. The van der Waals surface area contributed by atoms with Gasteiger partial charge in [0.15, 0.2) is 5.78 Å². The Morgan fingerprint density at radius 3 is 2.88 bits per heavy atom. The van der Waals surface area contributed by atoms with E-state index in [2.05, 4.69) is 14.7 Å². The molecule has 0 atom stereocenters. The molecule has 7 heteroatoms. The second kappa shape index (κ2) is 4.20. The van der Waals surface area contributed by atoms with Crippen LogP contribution in [0.15, 0.2) is 32.6 Å². The van der Waals surface area contributed by atoms with Crippen molar-refractivity contribution in [1.29, 1.82) is 0 Å². The van der Waals surface area contributed by atoms with Crippen molar-refractivity contribution >= 4 is 5.78 Å². The van der Waals surface area contributed by atoms with Crippen LogP contribution >= 0.6 is 0 Å². The zero-order valence-electron chi connectivity index (χ0n) is 8.97. The number of aromatic amines is 1. The molecule has 2 aromatic heterocycles. The fraction of sp³-hybridized carbons (Fsp3) is 0.200. The van der Waals surface area contributed by atoms with Gasteiger partial charge in [0.2, 0.25) is 0 Å². The smallest absolute Gasteiger partial charge is 0.328 e. The molecule has 17 heavy (non-hydrogen) atoms. The van der Waals surface area contributed by atoms with Gasteiger partial charge in [-0.1, -0.05) is 5.16 Å². The lowest BCUT2D eigenvalue weighted by Crippen LogP contribution is -2.38. The standard InChI is InChI=1S/C10H9N3O4/c1-6(14)8-4-11-10(16)13(9(8)15)5-7-2-3-17-12-7/h2-4H,5H2,1H3,(H,11,16). The number of hydrogen-bond donors (Lipinski definition) is 1. The van der Waals surface area contributed by atoms with Crippen molar-refractivity contribution in [1.82, 2.24) is 14.7 Å². The number of aromatic nitrogens is 3. The van der Waals surface area contributed by atoms with E-state index in [-0.39, 0.29) is 12.1 Å². The predicted molar refractivity (Wildman–Crippen MR) is 56.9 cm³/mol. The summed E-state index contributed by atoms with van der Waals surface area (Å²) in [6, 6.07) is 1.53. The first kappa shape index (κ1) is 11.1. The third kappa shape index (κ3) is 2.07. The Morgan fingerprint density at radius 1 is 1.53 bits per heavy atom. The van der Waals surface area contributed by atoms with E-state index in [0.717, 1.165) is 10.8 Å². The Hall–Kier alpha value is -2.44. The lowest BCUT2D eigenvalue weighted by Gasteiger charge is -2.02. The van der Waals surface area contributed by atoms with Crippen molar-refractivity contribution in [3.8, 4) is 0 Å². The first-order chi connectivity index (χ1) is 8.09. The van der Waals surface area contributed by atoms with Crippen LogP contribution in [0.2, 0.25) is 0 Å². The van der Waals surface area contributed by atoms with Gasteiger partial charge in [0, 0.05) is 12.3 Å². The molecule has 0 bridgehead atoms. The van der Waals surface area contributed by atoms with E-state index in [0.29, 0.717) is 5.69 Å². The molecule has 2 heterocycles. The summed E-state index contributed by atoms with van der Waals surface area (Å²) in [5.74, 6) is -0.403. The molecule has 0 aliphatic rings. The van der Waals surface area contributed by atoms with Gasteiger partial charge in [0.1, 0.15) is 12.0 Å². The minimum atomic E-state index is -0.635.